The molecule has 5 heteroatoms. The predicted octanol–water partition coefficient (Wildman–Crippen LogP) is 3.72. The number of nitrogens with zero attached hydrogens (tertiary/aromatic N) is 2. The summed E-state index contributed by atoms with van der Waals surface area (Å²) in [5.74, 6) is 1.74. The van der Waals surface area contributed by atoms with E-state index in [4.69, 9.17) is 0 Å². The predicted molar refractivity (Wildman–Crippen MR) is 80.1 cm³/mol. The fourth-order valence-corrected chi connectivity index (χ4v) is 1.95. The monoisotopic (exact) mass is 274 g/mol. The second-order valence-corrected chi connectivity index (χ2v) is 4.73. The van der Waals surface area contributed by atoms with Crippen molar-refractivity contribution < 1.29 is 4.39 Å². The normalized spacial score (nSPS) is 10.4. The Morgan fingerprint density at radius 2 is 1.80 bits per heavy atom. The van der Waals surface area contributed by atoms with Crippen LogP contribution in [0.2, 0.25) is 0 Å². The SMILES string of the molecule is CCNc1nc(C)nc(Nc2cc(C)ccc2F)c1C. The van der Waals surface area contributed by atoms with E-state index in [9.17, 15) is 4.39 Å². The zero-order chi connectivity index (χ0) is 14.7. The number of hydrogen-bond acceptors (Lipinski definition) is 4. The number of anilines is 3. The molecular formula is C15H19FN4. The molecule has 0 bridgehead atoms. The van der Waals surface area contributed by atoms with E-state index in [1.807, 2.05) is 27.7 Å². The summed E-state index contributed by atoms with van der Waals surface area (Å²) in [5.41, 5.74) is 2.29. The van der Waals surface area contributed by atoms with E-state index in [2.05, 4.69) is 20.6 Å². The topological polar surface area (TPSA) is 49.8 Å². The Balaban J connectivity index is 2.40. The van der Waals surface area contributed by atoms with Crippen LogP contribution in [-0.4, -0.2) is 16.5 Å². The number of hydrogen-bond donors (Lipinski definition) is 2. The highest BCUT2D eigenvalue weighted by atomic mass is 19.1. The Bertz CT molecular complexity index is 626. The molecule has 2 N–H and O–H groups in total. The quantitative estimate of drug-likeness (QED) is 0.892. The number of halogens is 1. The summed E-state index contributed by atoms with van der Waals surface area (Å²) in [7, 11) is 0. The van der Waals surface area contributed by atoms with Gasteiger partial charge in [0.25, 0.3) is 0 Å². The molecule has 2 aromatic rings. The van der Waals surface area contributed by atoms with Gasteiger partial charge in [-0.3, -0.25) is 0 Å². The zero-order valence-corrected chi connectivity index (χ0v) is 12.2. The molecule has 0 amide bonds. The summed E-state index contributed by atoms with van der Waals surface area (Å²) >= 11 is 0. The average Bonchev–Trinajstić information content (AvgIpc) is 2.39. The highest BCUT2D eigenvalue weighted by Crippen LogP contribution is 2.25. The van der Waals surface area contributed by atoms with E-state index in [-0.39, 0.29) is 5.82 Å². The van der Waals surface area contributed by atoms with Crippen LogP contribution in [0.4, 0.5) is 21.7 Å². The maximum atomic E-state index is 13.8. The first-order valence-corrected chi connectivity index (χ1v) is 6.63. The van der Waals surface area contributed by atoms with Crippen LogP contribution < -0.4 is 10.6 Å². The molecule has 0 aliphatic heterocycles. The number of aryl methyl sites for hydroxylation is 2. The fraction of sp³-hybridized carbons (Fsp3) is 0.333. The Labute approximate surface area is 118 Å². The molecule has 1 aromatic heterocycles. The van der Waals surface area contributed by atoms with Gasteiger partial charge >= 0.3 is 0 Å². The molecule has 0 saturated heterocycles. The molecule has 0 spiro atoms. The highest BCUT2D eigenvalue weighted by Gasteiger charge is 2.11. The molecule has 0 fully saturated rings. The van der Waals surface area contributed by atoms with Gasteiger partial charge in [-0.05, 0) is 45.4 Å². The van der Waals surface area contributed by atoms with Crippen LogP contribution >= 0.6 is 0 Å². The van der Waals surface area contributed by atoms with E-state index in [1.165, 1.54) is 6.07 Å². The van der Waals surface area contributed by atoms with Gasteiger partial charge in [-0.25, -0.2) is 14.4 Å². The summed E-state index contributed by atoms with van der Waals surface area (Å²) in [5, 5.41) is 6.24. The minimum Gasteiger partial charge on any atom is -0.370 e. The second kappa shape index (κ2) is 5.86. The average molecular weight is 274 g/mol. The first-order valence-electron chi connectivity index (χ1n) is 6.63. The van der Waals surface area contributed by atoms with E-state index < -0.39 is 0 Å². The van der Waals surface area contributed by atoms with Crippen molar-refractivity contribution in [1.29, 1.82) is 0 Å². The van der Waals surface area contributed by atoms with E-state index in [0.717, 1.165) is 23.5 Å². The number of benzene rings is 1. The highest BCUT2D eigenvalue weighted by molar-refractivity contribution is 5.65. The van der Waals surface area contributed by atoms with Gasteiger partial charge in [0.2, 0.25) is 0 Å². The summed E-state index contributed by atoms with van der Waals surface area (Å²) in [4.78, 5) is 8.70. The molecule has 4 nitrogen and oxygen atoms in total. The molecule has 1 heterocycles. The van der Waals surface area contributed by atoms with Crippen molar-refractivity contribution in [3.8, 4) is 0 Å². The third-order valence-electron chi connectivity index (χ3n) is 2.98. The van der Waals surface area contributed by atoms with Crippen molar-refractivity contribution in [3.63, 3.8) is 0 Å². The van der Waals surface area contributed by atoms with Crippen molar-refractivity contribution in [2.24, 2.45) is 0 Å². The van der Waals surface area contributed by atoms with Crippen molar-refractivity contribution >= 4 is 17.3 Å². The van der Waals surface area contributed by atoms with Gasteiger partial charge in [-0.1, -0.05) is 6.07 Å². The molecule has 1 aromatic carbocycles. The number of nitrogens with one attached hydrogen (secondary N) is 2. The number of rotatable bonds is 4. The van der Waals surface area contributed by atoms with Gasteiger partial charge in [-0.15, -0.1) is 0 Å². The van der Waals surface area contributed by atoms with Crippen LogP contribution in [0.1, 0.15) is 23.9 Å². The maximum Gasteiger partial charge on any atom is 0.146 e. The summed E-state index contributed by atoms with van der Waals surface area (Å²) in [6, 6.07) is 4.95. The van der Waals surface area contributed by atoms with Crippen LogP contribution in [0.3, 0.4) is 0 Å². The maximum absolute atomic E-state index is 13.8. The third-order valence-corrected chi connectivity index (χ3v) is 2.98. The van der Waals surface area contributed by atoms with E-state index in [0.29, 0.717) is 17.3 Å². The fourth-order valence-electron chi connectivity index (χ4n) is 1.95. The molecule has 106 valence electrons. The van der Waals surface area contributed by atoms with Crippen LogP contribution in [0.15, 0.2) is 18.2 Å². The van der Waals surface area contributed by atoms with Gasteiger partial charge in [0.15, 0.2) is 0 Å². The van der Waals surface area contributed by atoms with Crippen LogP contribution in [0, 0.1) is 26.6 Å². The Kier molecular flexibility index (Phi) is 4.17. The standard InChI is InChI=1S/C15H19FN4/c1-5-17-14-10(3)15(19-11(4)18-14)20-13-8-9(2)6-7-12(13)16/h6-8H,5H2,1-4H3,(H2,17,18,19,20). The first-order chi connectivity index (χ1) is 9.51. The number of aromatic nitrogens is 2. The van der Waals surface area contributed by atoms with Gasteiger partial charge < -0.3 is 10.6 Å². The van der Waals surface area contributed by atoms with E-state index in [1.54, 1.807) is 12.1 Å². The molecule has 2 rings (SSSR count). The lowest BCUT2D eigenvalue weighted by Crippen LogP contribution is -2.08. The summed E-state index contributed by atoms with van der Waals surface area (Å²) < 4.78 is 13.8. The third kappa shape index (κ3) is 3.04. The van der Waals surface area contributed by atoms with Crippen molar-refractivity contribution in [2.45, 2.75) is 27.7 Å². The van der Waals surface area contributed by atoms with Gasteiger partial charge in [0.05, 0.1) is 5.69 Å². The van der Waals surface area contributed by atoms with Crippen LogP contribution in [-0.2, 0) is 0 Å². The Morgan fingerprint density at radius 1 is 1.10 bits per heavy atom. The summed E-state index contributed by atoms with van der Waals surface area (Å²) in [6.07, 6.45) is 0. The van der Waals surface area contributed by atoms with Gasteiger partial charge in [0, 0.05) is 12.1 Å². The molecule has 0 aliphatic carbocycles. The smallest absolute Gasteiger partial charge is 0.146 e. The Morgan fingerprint density at radius 3 is 2.50 bits per heavy atom. The zero-order valence-electron chi connectivity index (χ0n) is 12.2. The molecule has 0 atom stereocenters. The van der Waals surface area contributed by atoms with Crippen LogP contribution in [0.25, 0.3) is 0 Å². The molecule has 20 heavy (non-hydrogen) atoms. The lowest BCUT2D eigenvalue weighted by atomic mass is 10.2. The van der Waals surface area contributed by atoms with Gasteiger partial charge in [-0.2, -0.15) is 0 Å². The van der Waals surface area contributed by atoms with Crippen molar-refractivity contribution in [2.75, 3.05) is 17.2 Å². The van der Waals surface area contributed by atoms with Gasteiger partial charge in [0.1, 0.15) is 23.3 Å². The molecule has 0 radical (unpaired) electrons. The van der Waals surface area contributed by atoms with E-state index >= 15 is 0 Å². The lowest BCUT2D eigenvalue weighted by molar-refractivity contribution is 0.631. The summed E-state index contributed by atoms with van der Waals surface area (Å²) in [6.45, 7) is 8.43. The van der Waals surface area contributed by atoms with Crippen LogP contribution in [0.5, 0.6) is 0 Å². The molecule has 0 saturated carbocycles. The lowest BCUT2D eigenvalue weighted by Gasteiger charge is -2.14. The molecular weight excluding hydrogens is 255 g/mol. The molecule has 0 aliphatic rings. The Hall–Kier alpha value is -2.17. The molecule has 0 unspecified atom stereocenters. The minimum absolute atomic E-state index is 0.295. The van der Waals surface area contributed by atoms with Crippen molar-refractivity contribution in [3.05, 3.63) is 41.0 Å². The second-order valence-electron chi connectivity index (χ2n) is 4.73. The first kappa shape index (κ1) is 14.2. The minimum atomic E-state index is -0.295. The van der Waals surface area contributed by atoms with Crippen molar-refractivity contribution in [1.82, 2.24) is 9.97 Å². The largest absolute Gasteiger partial charge is 0.370 e.